The molecule has 0 saturated carbocycles. The van der Waals surface area contributed by atoms with E-state index in [0.29, 0.717) is 19.7 Å². The van der Waals surface area contributed by atoms with Gasteiger partial charge in [0.15, 0.2) is 0 Å². The summed E-state index contributed by atoms with van der Waals surface area (Å²) in [5, 5.41) is 15.6. The summed E-state index contributed by atoms with van der Waals surface area (Å²) in [4.78, 5) is 11.5. The fourth-order valence-corrected chi connectivity index (χ4v) is 1.75. The summed E-state index contributed by atoms with van der Waals surface area (Å²) in [5.74, 6) is 0. The molecule has 0 fully saturated rings. The van der Waals surface area contributed by atoms with Crippen molar-refractivity contribution in [2.45, 2.75) is 64.7 Å². The van der Waals surface area contributed by atoms with Crippen molar-refractivity contribution >= 4 is 6.09 Å². The van der Waals surface area contributed by atoms with E-state index in [1.807, 2.05) is 27.7 Å². The SMILES string of the molecule is CCC(O)CNC(CCCNC(=O)OC(C)(C)C)COC. The zero-order chi connectivity index (χ0) is 16.3. The number of carbonyl (C=O) groups is 1. The van der Waals surface area contributed by atoms with Gasteiger partial charge in [0, 0.05) is 26.2 Å². The normalized spacial score (nSPS) is 14.6. The van der Waals surface area contributed by atoms with E-state index >= 15 is 0 Å². The van der Waals surface area contributed by atoms with Gasteiger partial charge in [-0.3, -0.25) is 0 Å². The third kappa shape index (κ3) is 12.6. The molecule has 0 spiro atoms. The Morgan fingerprint density at radius 3 is 2.52 bits per heavy atom. The van der Waals surface area contributed by atoms with E-state index < -0.39 is 5.60 Å². The first-order valence-electron chi connectivity index (χ1n) is 7.65. The predicted molar refractivity (Wildman–Crippen MR) is 83.4 cm³/mol. The van der Waals surface area contributed by atoms with Crippen molar-refractivity contribution < 1.29 is 19.4 Å². The average Bonchev–Trinajstić information content (AvgIpc) is 2.38. The number of aliphatic hydroxyl groups excluding tert-OH is 1. The fourth-order valence-electron chi connectivity index (χ4n) is 1.75. The number of rotatable bonds is 10. The zero-order valence-corrected chi connectivity index (χ0v) is 14.1. The second kappa shape index (κ2) is 10.8. The summed E-state index contributed by atoms with van der Waals surface area (Å²) in [7, 11) is 1.66. The highest BCUT2D eigenvalue weighted by Crippen LogP contribution is 2.06. The molecule has 0 aromatic carbocycles. The van der Waals surface area contributed by atoms with E-state index in [0.717, 1.165) is 19.3 Å². The zero-order valence-electron chi connectivity index (χ0n) is 14.1. The molecule has 2 unspecified atom stereocenters. The van der Waals surface area contributed by atoms with Gasteiger partial charge < -0.3 is 25.2 Å². The van der Waals surface area contributed by atoms with Crippen molar-refractivity contribution in [1.82, 2.24) is 10.6 Å². The number of amides is 1. The first-order valence-corrected chi connectivity index (χ1v) is 7.65. The van der Waals surface area contributed by atoms with E-state index in [-0.39, 0.29) is 18.2 Å². The van der Waals surface area contributed by atoms with E-state index in [4.69, 9.17) is 9.47 Å². The maximum absolute atomic E-state index is 11.5. The van der Waals surface area contributed by atoms with Gasteiger partial charge in [-0.15, -0.1) is 0 Å². The molecule has 2 atom stereocenters. The highest BCUT2D eigenvalue weighted by Gasteiger charge is 2.16. The van der Waals surface area contributed by atoms with Crippen molar-refractivity contribution in [2.24, 2.45) is 0 Å². The Balaban J connectivity index is 3.85. The molecule has 0 saturated heterocycles. The maximum Gasteiger partial charge on any atom is 0.407 e. The van der Waals surface area contributed by atoms with Gasteiger partial charge in [0.25, 0.3) is 0 Å². The van der Waals surface area contributed by atoms with Crippen molar-refractivity contribution in [3.05, 3.63) is 0 Å². The number of hydrogen-bond acceptors (Lipinski definition) is 5. The molecule has 1 amide bonds. The summed E-state index contributed by atoms with van der Waals surface area (Å²) in [6, 6.07) is 0.177. The Morgan fingerprint density at radius 1 is 1.33 bits per heavy atom. The third-order valence-corrected chi connectivity index (χ3v) is 2.88. The molecule has 0 radical (unpaired) electrons. The van der Waals surface area contributed by atoms with Gasteiger partial charge >= 0.3 is 6.09 Å². The molecule has 21 heavy (non-hydrogen) atoms. The molecular formula is C15H32N2O4. The number of aliphatic hydroxyl groups is 1. The minimum Gasteiger partial charge on any atom is -0.444 e. The van der Waals surface area contributed by atoms with E-state index in [2.05, 4.69) is 10.6 Å². The van der Waals surface area contributed by atoms with Crippen LogP contribution in [0.1, 0.15) is 47.0 Å². The standard InChI is InChI=1S/C15H32N2O4/c1-6-13(18)10-17-12(11-20-5)8-7-9-16-14(19)21-15(2,3)4/h12-13,17-18H,6-11H2,1-5H3,(H,16,19). The van der Waals surface area contributed by atoms with Gasteiger partial charge in [0.2, 0.25) is 0 Å². The van der Waals surface area contributed by atoms with Crippen molar-refractivity contribution in [3.8, 4) is 0 Å². The lowest BCUT2D eigenvalue weighted by Gasteiger charge is -2.21. The van der Waals surface area contributed by atoms with E-state index in [9.17, 15) is 9.90 Å². The van der Waals surface area contributed by atoms with Crippen LogP contribution in [0.25, 0.3) is 0 Å². The molecule has 6 heteroatoms. The second-order valence-corrected chi connectivity index (χ2v) is 6.19. The Kier molecular flexibility index (Phi) is 10.4. The lowest BCUT2D eigenvalue weighted by atomic mass is 10.1. The molecule has 0 bridgehead atoms. The van der Waals surface area contributed by atoms with Crippen LogP contribution in [-0.2, 0) is 9.47 Å². The van der Waals surface area contributed by atoms with Crippen LogP contribution in [0.4, 0.5) is 4.79 Å². The Hall–Kier alpha value is -0.850. The summed E-state index contributed by atoms with van der Waals surface area (Å²) < 4.78 is 10.3. The molecule has 0 aliphatic heterocycles. The first-order chi connectivity index (χ1) is 9.78. The molecule has 6 nitrogen and oxygen atoms in total. The van der Waals surface area contributed by atoms with Crippen molar-refractivity contribution in [1.29, 1.82) is 0 Å². The van der Waals surface area contributed by atoms with Gasteiger partial charge in [-0.05, 0) is 40.0 Å². The second-order valence-electron chi connectivity index (χ2n) is 6.19. The highest BCUT2D eigenvalue weighted by molar-refractivity contribution is 5.67. The average molecular weight is 304 g/mol. The Morgan fingerprint density at radius 2 is 2.00 bits per heavy atom. The van der Waals surface area contributed by atoms with Gasteiger partial charge in [-0.2, -0.15) is 0 Å². The number of methoxy groups -OCH3 is 1. The molecule has 0 aromatic heterocycles. The number of carbonyl (C=O) groups excluding carboxylic acids is 1. The monoisotopic (exact) mass is 304 g/mol. The minimum absolute atomic E-state index is 0.177. The number of nitrogens with one attached hydrogen (secondary N) is 2. The number of ether oxygens (including phenoxy) is 2. The van der Waals surface area contributed by atoms with Crippen LogP contribution in [0.5, 0.6) is 0 Å². The number of hydrogen-bond donors (Lipinski definition) is 3. The maximum atomic E-state index is 11.5. The van der Waals surface area contributed by atoms with Crippen LogP contribution >= 0.6 is 0 Å². The van der Waals surface area contributed by atoms with Crippen molar-refractivity contribution in [2.75, 3.05) is 26.8 Å². The lowest BCUT2D eigenvalue weighted by molar-refractivity contribution is 0.0526. The summed E-state index contributed by atoms with van der Waals surface area (Å²) in [6.45, 7) is 9.17. The summed E-state index contributed by atoms with van der Waals surface area (Å²) in [6.07, 6.45) is 1.69. The highest BCUT2D eigenvalue weighted by atomic mass is 16.6. The Bertz CT molecular complexity index is 279. The van der Waals surface area contributed by atoms with Crippen LogP contribution in [-0.4, -0.2) is 55.8 Å². The van der Waals surface area contributed by atoms with Crippen LogP contribution in [0, 0.1) is 0 Å². The van der Waals surface area contributed by atoms with Gasteiger partial charge in [-0.25, -0.2) is 4.79 Å². The van der Waals surface area contributed by atoms with Gasteiger partial charge in [0.1, 0.15) is 5.60 Å². The topological polar surface area (TPSA) is 79.8 Å². The fraction of sp³-hybridized carbons (Fsp3) is 0.933. The largest absolute Gasteiger partial charge is 0.444 e. The first kappa shape index (κ1) is 20.1. The minimum atomic E-state index is -0.472. The Labute approximate surface area is 128 Å². The quantitative estimate of drug-likeness (QED) is 0.535. The van der Waals surface area contributed by atoms with Crippen LogP contribution in [0.3, 0.4) is 0 Å². The summed E-state index contributed by atoms with van der Waals surface area (Å²) in [5.41, 5.74) is -0.472. The number of alkyl carbamates (subject to hydrolysis) is 1. The molecule has 3 N–H and O–H groups in total. The molecular weight excluding hydrogens is 272 g/mol. The molecule has 0 aromatic rings. The van der Waals surface area contributed by atoms with Crippen LogP contribution in [0.15, 0.2) is 0 Å². The smallest absolute Gasteiger partial charge is 0.407 e. The van der Waals surface area contributed by atoms with Crippen LogP contribution < -0.4 is 10.6 Å². The van der Waals surface area contributed by atoms with Crippen molar-refractivity contribution in [3.63, 3.8) is 0 Å². The summed E-state index contributed by atoms with van der Waals surface area (Å²) >= 11 is 0. The molecule has 0 aliphatic rings. The molecule has 0 rings (SSSR count). The molecule has 126 valence electrons. The third-order valence-electron chi connectivity index (χ3n) is 2.88. The molecule has 0 aliphatic carbocycles. The molecule has 0 heterocycles. The predicted octanol–water partition coefficient (Wildman–Crippen LogP) is 1.67. The lowest BCUT2D eigenvalue weighted by Crippen LogP contribution is -2.39. The van der Waals surface area contributed by atoms with Gasteiger partial charge in [0.05, 0.1) is 12.7 Å². The van der Waals surface area contributed by atoms with Gasteiger partial charge in [-0.1, -0.05) is 6.92 Å². The van der Waals surface area contributed by atoms with E-state index in [1.165, 1.54) is 0 Å². The van der Waals surface area contributed by atoms with E-state index in [1.54, 1.807) is 7.11 Å². The van der Waals surface area contributed by atoms with Crippen LogP contribution in [0.2, 0.25) is 0 Å².